The zero-order valence-electron chi connectivity index (χ0n) is 18.3. The van der Waals surface area contributed by atoms with Crippen molar-refractivity contribution < 1.29 is 9.90 Å². The maximum absolute atomic E-state index is 11.2. The lowest BCUT2D eigenvalue weighted by Gasteiger charge is -2.09. The van der Waals surface area contributed by atoms with E-state index in [-0.39, 0.29) is 0 Å². The summed E-state index contributed by atoms with van der Waals surface area (Å²) < 4.78 is 2.04. The van der Waals surface area contributed by atoms with Crippen LogP contribution in [0.15, 0.2) is 48.5 Å². The molecule has 0 unspecified atom stereocenters. The highest BCUT2D eigenvalue weighted by Crippen LogP contribution is 2.15. The van der Waals surface area contributed by atoms with Gasteiger partial charge >= 0.3 is 5.97 Å². The van der Waals surface area contributed by atoms with Crippen molar-refractivity contribution in [2.45, 2.75) is 53.5 Å². The maximum Gasteiger partial charge on any atom is 0.335 e. The number of carbonyl (C=O) groups is 1. The average Bonchev–Trinajstić information content (AvgIpc) is 3.02. The third-order valence-electron chi connectivity index (χ3n) is 4.91. The highest BCUT2D eigenvalue weighted by atomic mass is 16.4. The van der Waals surface area contributed by atoms with Crippen molar-refractivity contribution in [1.82, 2.24) is 14.8 Å². The molecular formula is C25H31N3O2. The van der Waals surface area contributed by atoms with Gasteiger partial charge in [-0.25, -0.2) is 14.5 Å². The van der Waals surface area contributed by atoms with Gasteiger partial charge in [0.2, 0.25) is 0 Å². The van der Waals surface area contributed by atoms with E-state index in [0.29, 0.717) is 30.4 Å². The largest absolute Gasteiger partial charge is 0.478 e. The van der Waals surface area contributed by atoms with Gasteiger partial charge in [-0.2, -0.15) is 5.10 Å². The molecule has 0 atom stereocenters. The Labute approximate surface area is 178 Å². The van der Waals surface area contributed by atoms with Gasteiger partial charge < -0.3 is 5.11 Å². The van der Waals surface area contributed by atoms with E-state index < -0.39 is 5.97 Å². The van der Waals surface area contributed by atoms with Crippen LogP contribution < -0.4 is 0 Å². The predicted molar refractivity (Wildman–Crippen MR) is 119 cm³/mol. The topological polar surface area (TPSA) is 68.0 Å². The average molecular weight is 406 g/mol. The fourth-order valence-electron chi connectivity index (χ4n) is 3.51. The van der Waals surface area contributed by atoms with Crippen LogP contribution in [0.5, 0.6) is 0 Å². The summed E-state index contributed by atoms with van der Waals surface area (Å²) in [6, 6.07) is 15.6. The van der Waals surface area contributed by atoms with Crippen LogP contribution in [-0.4, -0.2) is 25.8 Å². The molecule has 1 N–H and O–H groups in total. The van der Waals surface area contributed by atoms with Crippen molar-refractivity contribution in [3.63, 3.8) is 0 Å². The van der Waals surface area contributed by atoms with Crippen LogP contribution in [0.4, 0.5) is 0 Å². The van der Waals surface area contributed by atoms with E-state index in [0.717, 1.165) is 35.6 Å². The zero-order chi connectivity index (χ0) is 21.7. The van der Waals surface area contributed by atoms with Gasteiger partial charge in [0.1, 0.15) is 5.82 Å². The lowest BCUT2D eigenvalue weighted by atomic mass is 10.0. The van der Waals surface area contributed by atoms with Crippen molar-refractivity contribution in [2.24, 2.45) is 11.8 Å². The van der Waals surface area contributed by atoms with Crippen LogP contribution in [0.25, 0.3) is 0 Å². The van der Waals surface area contributed by atoms with E-state index >= 15 is 0 Å². The first kappa shape index (κ1) is 21.8. The molecule has 0 aliphatic carbocycles. The van der Waals surface area contributed by atoms with Gasteiger partial charge in [0.05, 0.1) is 12.1 Å². The molecule has 5 heteroatoms. The second-order valence-electron chi connectivity index (χ2n) is 8.80. The Morgan fingerprint density at radius 3 is 2.23 bits per heavy atom. The molecule has 1 heterocycles. The van der Waals surface area contributed by atoms with Crippen LogP contribution in [0.2, 0.25) is 0 Å². The van der Waals surface area contributed by atoms with E-state index in [1.54, 1.807) is 18.2 Å². The summed E-state index contributed by atoms with van der Waals surface area (Å²) in [4.78, 5) is 16.0. The van der Waals surface area contributed by atoms with Gasteiger partial charge in [-0.05, 0) is 47.1 Å². The van der Waals surface area contributed by atoms with E-state index in [1.807, 2.05) is 10.7 Å². The van der Waals surface area contributed by atoms with Crippen molar-refractivity contribution >= 4 is 5.97 Å². The monoisotopic (exact) mass is 405 g/mol. The number of carboxylic acid groups (broad SMARTS) is 1. The lowest BCUT2D eigenvalue weighted by Crippen LogP contribution is -2.09. The lowest BCUT2D eigenvalue weighted by molar-refractivity contribution is 0.0696. The highest BCUT2D eigenvalue weighted by Gasteiger charge is 2.13. The number of hydrogen-bond donors (Lipinski definition) is 1. The number of aromatic carboxylic acids is 1. The fourth-order valence-corrected chi connectivity index (χ4v) is 3.51. The Balaban J connectivity index is 1.73. The second-order valence-corrected chi connectivity index (χ2v) is 8.80. The first-order valence-corrected chi connectivity index (χ1v) is 10.6. The Hall–Kier alpha value is -2.95. The molecule has 3 aromatic rings. The van der Waals surface area contributed by atoms with Crippen LogP contribution in [0, 0.1) is 11.8 Å². The van der Waals surface area contributed by atoms with Gasteiger partial charge in [-0.1, -0.05) is 64.1 Å². The number of aromatic nitrogens is 3. The van der Waals surface area contributed by atoms with Crippen molar-refractivity contribution in [3.8, 4) is 0 Å². The number of hydrogen-bond acceptors (Lipinski definition) is 3. The molecule has 0 saturated carbocycles. The Morgan fingerprint density at radius 2 is 1.60 bits per heavy atom. The van der Waals surface area contributed by atoms with E-state index in [9.17, 15) is 4.79 Å². The Bertz CT molecular complexity index is 988. The molecule has 0 amide bonds. The summed E-state index contributed by atoms with van der Waals surface area (Å²) in [6.45, 7) is 9.49. The predicted octanol–water partition coefficient (Wildman–Crippen LogP) is 5.01. The quantitative estimate of drug-likeness (QED) is 0.543. The molecule has 3 rings (SSSR count). The molecule has 0 bridgehead atoms. The van der Waals surface area contributed by atoms with Gasteiger partial charge in [-0.15, -0.1) is 0 Å². The van der Waals surface area contributed by atoms with Crippen LogP contribution in [0.1, 0.15) is 66.4 Å². The minimum absolute atomic E-state index is 0.324. The van der Waals surface area contributed by atoms with Crippen LogP contribution in [-0.2, 0) is 25.8 Å². The molecule has 30 heavy (non-hydrogen) atoms. The molecule has 0 aliphatic rings. The van der Waals surface area contributed by atoms with E-state index in [1.165, 1.54) is 5.56 Å². The van der Waals surface area contributed by atoms with Gasteiger partial charge in [0, 0.05) is 12.8 Å². The number of rotatable bonds is 9. The van der Waals surface area contributed by atoms with Crippen molar-refractivity contribution in [1.29, 1.82) is 0 Å². The number of benzene rings is 2. The smallest absolute Gasteiger partial charge is 0.335 e. The van der Waals surface area contributed by atoms with Crippen molar-refractivity contribution in [3.05, 3.63) is 82.4 Å². The summed E-state index contributed by atoms with van der Waals surface area (Å²) in [6.07, 6.45) is 2.53. The summed E-state index contributed by atoms with van der Waals surface area (Å²) in [5.41, 5.74) is 3.66. The minimum Gasteiger partial charge on any atom is -0.478 e. The molecule has 5 nitrogen and oxygen atoms in total. The molecule has 0 spiro atoms. The first-order valence-electron chi connectivity index (χ1n) is 10.6. The minimum atomic E-state index is -0.894. The molecule has 1 aromatic heterocycles. The molecule has 0 radical (unpaired) electrons. The van der Waals surface area contributed by atoms with E-state index in [4.69, 9.17) is 15.2 Å². The standard InChI is InChI=1S/C25H31N3O2/c1-17(2)12-23-26-24(13-18(3)4)28(27-23)16-20-10-8-19(9-11-20)14-21-6-5-7-22(15-21)25(29)30/h5-11,15,17-18H,12-14,16H2,1-4H3,(H,29,30). The van der Waals surface area contributed by atoms with Gasteiger partial charge in [0.15, 0.2) is 5.82 Å². The SMILES string of the molecule is CC(C)Cc1nc(CC(C)C)n(Cc2ccc(Cc3cccc(C(=O)O)c3)cc2)n1. The maximum atomic E-state index is 11.2. The molecule has 0 saturated heterocycles. The van der Waals surface area contributed by atoms with Crippen molar-refractivity contribution in [2.75, 3.05) is 0 Å². The van der Waals surface area contributed by atoms with Gasteiger partial charge in [-0.3, -0.25) is 0 Å². The normalized spacial score (nSPS) is 11.4. The van der Waals surface area contributed by atoms with Gasteiger partial charge in [0.25, 0.3) is 0 Å². The second kappa shape index (κ2) is 9.70. The zero-order valence-corrected chi connectivity index (χ0v) is 18.3. The molecule has 0 aliphatic heterocycles. The highest BCUT2D eigenvalue weighted by molar-refractivity contribution is 5.87. The van der Waals surface area contributed by atoms with Crippen LogP contribution in [0.3, 0.4) is 0 Å². The number of carboxylic acids is 1. The summed E-state index contributed by atoms with van der Waals surface area (Å²) in [5, 5.41) is 13.9. The molecule has 158 valence electrons. The molecule has 2 aromatic carbocycles. The van der Waals surface area contributed by atoms with E-state index in [2.05, 4.69) is 52.0 Å². The molecule has 0 fully saturated rings. The summed E-state index contributed by atoms with van der Waals surface area (Å²) in [5.74, 6) is 2.15. The third-order valence-corrected chi connectivity index (χ3v) is 4.91. The van der Waals surface area contributed by atoms with Crippen LogP contribution >= 0.6 is 0 Å². The first-order chi connectivity index (χ1) is 14.3. The Kier molecular flexibility index (Phi) is 7.03. The summed E-state index contributed by atoms with van der Waals surface area (Å²) in [7, 11) is 0. The Morgan fingerprint density at radius 1 is 0.933 bits per heavy atom. The molecular weight excluding hydrogens is 374 g/mol. The fraction of sp³-hybridized carbons (Fsp3) is 0.400. The summed E-state index contributed by atoms with van der Waals surface area (Å²) >= 11 is 0. The third kappa shape index (κ3) is 6.02. The number of nitrogens with zero attached hydrogens (tertiary/aromatic N) is 3.